The zero-order valence-corrected chi connectivity index (χ0v) is 27.8. The lowest BCUT2D eigenvalue weighted by Gasteiger charge is -2.48. The number of ether oxygens (including phenoxy) is 2. The average Bonchev–Trinajstić information content (AvgIpc) is 3.13. The Labute approximate surface area is 273 Å². The molecule has 46 heavy (non-hydrogen) atoms. The molecule has 1 saturated carbocycles. The third-order valence-electron chi connectivity index (χ3n) is 11.2. The van der Waals surface area contributed by atoms with Crippen LogP contribution in [0.2, 0.25) is 5.02 Å². The van der Waals surface area contributed by atoms with E-state index in [-0.39, 0.29) is 41.9 Å². The summed E-state index contributed by atoms with van der Waals surface area (Å²) in [5.41, 5.74) is 2.17. The van der Waals surface area contributed by atoms with Crippen LogP contribution in [-0.4, -0.2) is 57.7 Å². The van der Waals surface area contributed by atoms with Crippen LogP contribution in [0.4, 0.5) is 14.5 Å². The summed E-state index contributed by atoms with van der Waals surface area (Å²) in [5, 5.41) is 14.1. The van der Waals surface area contributed by atoms with Crippen molar-refractivity contribution in [1.29, 1.82) is 0 Å². The van der Waals surface area contributed by atoms with Gasteiger partial charge in [0.2, 0.25) is 10.0 Å². The Hall–Kier alpha value is -2.73. The molecule has 3 N–H and O–H groups in total. The van der Waals surface area contributed by atoms with E-state index in [0.29, 0.717) is 54.9 Å². The van der Waals surface area contributed by atoms with Gasteiger partial charge in [-0.05, 0) is 110 Å². The summed E-state index contributed by atoms with van der Waals surface area (Å²) >= 11 is 5.99. The molecule has 0 bridgehead atoms. The number of hydrogen-bond donors (Lipinski definition) is 2. The van der Waals surface area contributed by atoms with Crippen molar-refractivity contribution in [2.45, 2.75) is 69.1 Å². The fourth-order valence-electron chi connectivity index (χ4n) is 8.11. The molecule has 8 nitrogen and oxygen atoms in total. The van der Waals surface area contributed by atoms with Crippen molar-refractivity contribution < 1.29 is 36.6 Å². The van der Waals surface area contributed by atoms with Crippen molar-refractivity contribution in [3.8, 4) is 5.75 Å². The smallest absolute Gasteiger partial charge is 0.335 e. The molecule has 0 saturated heterocycles. The van der Waals surface area contributed by atoms with Crippen molar-refractivity contribution >= 4 is 33.3 Å². The summed E-state index contributed by atoms with van der Waals surface area (Å²) in [6.07, 6.45) is 6.40. The number of sulfonamides is 1. The maximum atomic E-state index is 15.3. The summed E-state index contributed by atoms with van der Waals surface area (Å²) < 4.78 is 66.4. The first-order valence-electron chi connectivity index (χ1n) is 15.9. The van der Waals surface area contributed by atoms with Gasteiger partial charge in [0.15, 0.2) is 0 Å². The van der Waals surface area contributed by atoms with Crippen molar-refractivity contribution in [1.82, 2.24) is 0 Å². The van der Waals surface area contributed by atoms with E-state index in [4.69, 9.17) is 26.2 Å². The second-order valence-corrected chi connectivity index (χ2v) is 16.0. The van der Waals surface area contributed by atoms with E-state index in [9.17, 15) is 22.7 Å². The number of aromatic carboxylic acids is 1. The first kappa shape index (κ1) is 33.2. The molecule has 3 aliphatic carbocycles. The molecule has 7 atom stereocenters. The fourth-order valence-corrected chi connectivity index (χ4v) is 9.08. The van der Waals surface area contributed by atoms with E-state index in [1.165, 1.54) is 12.1 Å². The highest BCUT2D eigenvalue weighted by atomic mass is 35.5. The number of primary sulfonamides is 1. The van der Waals surface area contributed by atoms with Gasteiger partial charge in [0.05, 0.1) is 29.2 Å². The molecule has 1 heterocycles. The number of nitrogens with zero attached hydrogens (tertiary/aromatic N) is 1. The predicted octanol–water partition coefficient (Wildman–Crippen LogP) is 6.09. The molecule has 1 spiro atoms. The lowest BCUT2D eigenvalue weighted by molar-refractivity contribution is -0.000490. The van der Waals surface area contributed by atoms with Crippen LogP contribution in [-0.2, 0) is 26.6 Å². The number of fused-ring (bicyclic) bond motifs is 3. The number of allylic oxidation sites excluding steroid dienone is 1. The van der Waals surface area contributed by atoms with Crippen LogP contribution in [0.25, 0.3) is 0 Å². The van der Waals surface area contributed by atoms with Crippen LogP contribution in [0.15, 0.2) is 35.9 Å². The Morgan fingerprint density at radius 2 is 2.00 bits per heavy atom. The summed E-state index contributed by atoms with van der Waals surface area (Å²) in [6, 6.07) is 6.15. The molecule has 12 heteroatoms. The standard InChI is InChI=1S/C34H41ClF2N2O6S/c1-18(19(2)46(38,42)43)22-11-23(12-22)32(44-3)24-8-6-21(24)15-39-16-34(17-45-29-9-7-20(33(40)41)13-28(29)39)10-4-5-25-26(34)14-27(36)30(35)31(25)37/h7,9,11,13-14,18-19,21-22,24,32H,4-6,8,10,12,15-17H2,1-3H3,(H,40,41)(H2,38,42,43)/t18-,19-,21+,22?,24-,32+,34+/m1/s1. The van der Waals surface area contributed by atoms with Gasteiger partial charge in [-0.15, -0.1) is 0 Å². The minimum absolute atomic E-state index is 0.101. The van der Waals surface area contributed by atoms with E-state index in [1.54, 1.807) is 26.2 Å². The number of halogens is 3. The van der Waals surface area contributed by atoms with E-state index in [1.807, 2.05) is 6.92 Å². The van der Waals surface area contributed by atoms with E-state index < -0.39 is 43.3 Å². The van der Waals surface area contributed by atoms with Crippen LogP contribution < -0.4 is 14.8 Å². The molecule has 6 rings (SSSR count). The van der Waals surface area contributed by atoms with Gasteiger partial charge in [-0.3, -0.25) is 0 Å². The Bertz CT molecular complexity index is 1690. The van der Waals surface area contributed by atoms with Crippen LogP contribution in [0.3, 0.4) is 0 Å². The van der Waals surface area contributed by atoms with Crippen molar-refractivity contribution in [2.24, 2.45) is 28.8 Å². The van der Waals surface area contributed by atoms with Gasteiger partial charge < -0.3 is 19.5 Å². The molecule has 2 aromatic rings. The minimum atomic E-state index is -3.64. The van der Waals surface area contributed by atoms with Crippen molar-refractivity contribution in [3.63, 3.8) is 0 Å². The van der Waals surface area contributed by atoms with Gasteiger partial charge in [-0.1, -0.05) is 24.6 Å². The summed E-state index contributed by atoms with van der Waals surface area (Å²) in [4.78, 5) is 14.1. The monoisotopic (exact) mass is 678 g/mol. The first-order chi connectivity index (χ1) is 21.7. The number of benzene rings is 2. The number of nitrogens with two attached hydrogens (primary N) is 1. The average molecular weight is 679 g/mol. The second kappa shape index (κ2) is 12.4. The highest BCUT2D eigenvalue weighted by molar-refractivity contribution is 7.89. The minimum Gasteiger partial charge on any atom is -0.490 e. The maximum absolute atomic E-state index is 15.3. The lowest BCUT2D eigenvalue weighted by Crippen LogP contribution is -2.50. The molecular weight excluding hydrogens is 638 g/mol. The normalized spacial score (nSPS) is 27.6. The zero-order valence-electron chi connectivity index (χ0n) is 26.3. The fraction of sp³-hybridized carbons (Fsp3) is 0.559. The molecule has 0 aromatic heterocycles. The van der Waals surface area contributed by atoms with Gasteiger partial charge in [-0.2, -0.15) is 0 Å². The van der Waals surface area contributed by atoms with Gasteiger partial charge in [0.25, 0.3) is 0 Å². The number of anilines is 1. The molecule has 250 valence electrons. The van der Waals surface area contributed by atoms with E-state index >= 15 is 4.39 Å². The summed E-state index contributed by atoms with van der Waals surface area (Å²) in [7, 11) is -1.94. The zero-order chi connectivity index (χ0) is 33.1. The second-order valence-electron chi connectivity index (χ2n) is 13.7. The number of methoxy groups -OCH3 is 1. The van der Waals surface area contributed by atoms with Gasteiger partial charge in [0, 0.05) is 25.6 Å². The summed E-state index contributed by atoms with van der Waals surface area (Å²) in [6.45, 7) is 4.72. The first-order valence-corrected chi connectivity index (χ1v) is 17.9. The SMILES string of the molecule is CO[C@@H](C1=CC([C@H](C)[C@@H](C)S(N)(=O)=O)C1)[C@@H]1CC[C@H]1CN1C[C@@]2(CCCc3c2cc(F)c(Cl)c3F)COc2ccc(C(=O)O)cc21. The Morgan fingerprint density at radius 3 is 2.63 bits per heavy atom. The van der Waals surface area contributed by atoms with Crippen LogP contribution in [0, 0.1) is 35.3 Å². The quantitative estimate of drug-likeness (QED) is 0.243. The van der Waals surface area contributed by atoms with E-state index in [2.05, 4.69) is 11.0 Å². The number of carboxylic acid groups (broad SMARTS) is 1. The third-order valence-corrected chi connectivity index (χ3v) is 13.0. The van der Waals surface area contributed by atoms with Crippen LogP contribution in [0.5, 0.6) is 5.75 Å². The molecule has 4 aliphatic rings. The van der Waals surface area contributed by atoms with Gasteiger partial charge >= 0.3 is 5.97 Å². The maximum Gasteiger partial charge on any atom is 0.335 e. The number of hydrogen-bond acceptors (Lipinski definition) is 6. The lowest BCUT2D eigenvalue weighted by atomic mass is 9.64. The van der Waals surface area contributed by atoms with Crippen LogP contribution >= 0.6 is 11.6 Å². The van der Waals surface area contributed by atoms with Crippen molar-refractivity contribution in [2.75, 3.05) is 31.7 Å². The van der Waals surface area contributed by atoms with Gasteiger partial charge in [-0.25, -0.2) is 27.1 Å². The molecule has 2 aromatic carbocycles. The molecule has 1 fully saturated rings. The van der Waals surface area contributed by atoms with Gasteiger partial charge in [0.1, 0.15) is 22.4 Å². The highest BCUT2D eigenvalue weighted by Crippen LogP contribution is 2.49. The third kappa shape index (κ3) is 5.82. The van der Waals surface area contributed by atoms with E-state index in [0.717, 1.165) is 24.8 Å². The number of carbonyl (C=O) groups is 1. The Balaban J connectivity index is 1.30. The Morgan fingerprint density at radius 1 is 1.26 bits per heavy atom. The number of carboxylic acids is 1. The van der Waals surface area contributed by atoms with Crippen molar-refractivity contribution in [3.05, 3.63) is 69.3 Å². The topological polar surface area (TPSA) is 119 Å². The molecule has 0 amide bonds. The molecule has 1 unspecified atom stereocenters. The predicted molar refractivity (Wildman–Crippen MR) is 172 cm³/mol. The molecular formula is C34H41ClF2N2O6S. The van der Waals surface area contributed by atoms with Crippen LogP contribution in [0.1, 0.15) is 67.4 Å². The summed E-state index contributed by atoms with van der Waals surface area (Å²) in [5.74, 6) is -1.67. The molecule has 1 aliphatic heterocycles. The highest BCUT2D eigenvalue weighted by Gasteiger charge is 2.47. The number of rotatable bonds is 9. The Kier molecular flexibility index (Phi) is 8.93. The largest absolute Gasteiger partial charge is 0.490 e. The molecule has 0 radical (unpaired) electrons.